The summed E-state index contributed by atoms with van der Waals surface area (Å²) in [7, 11) is 0. The molecule has 0 aromatic carbocycles. The molecule has 1 fully saturated rings. The van der Waals surface area contributed by atoms with E-state index in [0.29, 0.717) is 5.57 Å². The standard InChI is InChI=1S/C5H7NO/c1-3-4(2)6-5(3)7/h4H,1H2,2H3,(H,6,7)/t4-/m0/s1. The SMILES string of the molecule is C=C1C(=O)N[C@H]1C. The van der Waals surface area contributed by atoms with Gasteiger partial charge < -0.3 is 5.32 Å². The molecule has 0 saturated carbocycles. The van der Waals surface area contributed by atoms with Gasteiger partial charge in [-0.3, -0.25) is 4.79 Å². The molecular formula is C5H7NO. The lowest BCUT2D eigenvalue weighted by Crippen LogP contribution is -2.48. The molecule has 1 saturated heterocycles. The van der Waals surface area contributed by atoms with Gasteiger partial charge in [0.2, 0.25) is 5.91 Å². The summed E-state index contributed by atoms with van der Waals surface area (Å²) in [6.45, 7) is 5.42. The number of carbonyl (C=O) groups excluding carboxylic acids is 1. The Labute approximate surface area is 42.2 Å². The summed E-state index contributed by atoms with van der Waals surface area (Å²) in [5, 5.41) is 2.62. The predicted molar refractivity (Wildman–Crippen MR) is 26.7 cm³/mol. The largest absolute Gasteiger partial charge is 0.346 e. The van der Waals surface area contributed by atoms with Crippen LogP contribution in [0.25, 0.3) is 0 Å². The fourth-order valence-electron chi connectivity index (χ4n) is 0.495. The van der Waals surface area contributed by atoms with Crippen LogP contribution >= 0.6 is 0 Å². The normalized spacial score (nSPS) is 29.0. The number of amides is 1. The van der Waals surface area contributed by atoms with Crippen molar-refractivity contribution >= 4 is 5.91 Å². The molecule has 0 aliphatic carbocycles. The first kappa shape index (κ1) is 4.37. The third kappa shape index (κ3) is 0.427. The molecule has 0 spiro atoms. The second-order valence-electron chi connectivity index (χ2n) is 1.72. The first-order chi connectivity index (χ1) is 3.22. The molecule has 1 aliphatic heterocycles. The molecular weight excluding hydrogens is 90.1 g/mol. The monoisotopic (exact) mass is 97.1 g/mol. The van der Waals surface area contributed by atoms with Crippen molar-refractivity contribution in [1.29, 1.82) is 0 Å². The molecule has 0 aromatic heterocycles. The van der Waals surface area contributed by atoms with Crippen LogP contribution in [-0.4, -0.2) is 11.9 Å². The van der Waals surface area contributed by atoms with Crippen LogP contribution in [0.2, 0.25) is 0 Å². The summed E-state index contributed by atoms with van der Waals surface area (Å²) >= 11 is 0. The predicted octanol–water partition coefficient (Wildman–Crippen LogP) is 0.0609. The van der Waals surface area contributed by atoms with Gasteiger partial charge in [0, 0.05) is 5.57 Å². The Morgan fingerprint density at radius 3 is 2.43 bits per heavy atom. The minimum absolute atomic E-state index is 0.00694. The lowest BCUT2D eigenvalue weighted by molar-refractivity contribution is -0.121. The van der Waals surface area contributed by atoms with Crippen molar-refractivity contribution < 1.29 is 4.79 Å². The first-order valence-corrected chi connectivity index (χ1v) is 2.21. The van der Waals surface area contributed by atoms with E-state index in [4.69, 9.17) is 0 Å². The number of carbonyl (C=O) groups is 1. The zero-order chi connectivity index (χ0) is 5.44. The van der Waals surface area contributed by atoms with Crippen LogP contribution < -0.4 is 5.32 Å². The minimum atomic E-state index is -0.00694. The Balaban J connectivity index is 2.60. The van der Waals surface area contributed by atoms with Gasteiger partial charge in [0.1, 0.15) is 0 Å². The van der Waals surface area contributed by atoms with Crippen molar-refractivity contribution in [3.8, 4) is 0 Å². The fourth-order valence-corrected chi connectivity index (χ4v) is 0.495. The van der Waals surface area contributed by atoms with Crippen LogP contribution in [0.5, 0.6) is 0 Å². The molecule has 0 aromatic rings. The van der Waals surface area contributed by atoms with Crippen molar-refractivity contribution in [3.63, 3.8) is 0 Å². The maximum absolute atomic E-state index is 10.2. The zero-order valence-corrected chi connectivity index (χ0v) is 4.19. The first-order valence-electron chi connectivity index (χ1n) is 2.21. The Hall–Kier alpha value is -0.790. The number of nitrogens with one attached hydrogen (secondary N) is 1. The molecule has 0 radical (unpaired) electrons. The summed E-state index contributed by atoms with van der Waals surface area (Å²) in [4.78, 5) is 10.2. The number of rotatable bonds is 0. The van der Waals surface area contributed by atoms with Crippen LogP contribution in [0.15, 0.2) is 12.2 Å². The van der Waals surface area contributed by atoms with Crippen molar-refractivity contribution in [2.75, 3.05) is 0 Å². The van der Waals surface area contributed by atoms with E-state index in [9.17, 15) is 4.79 Å². The van der Waals surface area contributed by atoms with Gasteiger partial charge in [0.15, 0.2) is 0 Å². The summed E-state index contributed by atoms with van der Waals surface area (Å²) < 4.78 is 0. The van der Waals surface area contributed by atoms with E-state index < -0.39 is 0 Å². The molecule has 0 bridgehead atoms. The van der Waals surface area contributed by atoms with Crippen LogP contribution in [-0.2, 0) is 4.79 Å². The van der Waals surface area contributed by atoms with Gasteiger partial charge in [-0.15, -0.1) is 0 Å². The van der Waals surface area contributed by atoms with Gasteiger partial charge in [0.25, 0.3) is 0 Å². The van der Waals surface area contributed by atoms with E-state index in [0.717, 1.165) is 0 Å². The van der Waals surface area contributed by atoms with Crippen LogP contribution in [0.1, 0.15) is 6.92 Å². The molecule has 38 valence electrons. The van der Waals surface area contributed by atoms with Gasteiger partial charge in [-0.1, -0.05) is 6.58 Å². The highest BCUT2D eigenvalue weighted by Crippen LogP contribution is 2.08. The Bertz CT molecular complexity index is 128. The maximum atomic E-state index is 10.2. The highest BCUT2D eigenvalue weighted by Gasteiger charge is 2.25. The van der Waals surface area contributed by atoms with Gasteiger partial charge in [-0.25, -0.2) is 0 Å². The second-order valence-corrected chi connectivity index (χ2v) is 1.72. The van der Waals surface area contributed by atoms with Gasteiger partial charge in [0.05, 0.1) is 6.04 Å². The number of β-lactam (4-membered cyclic amide) rings is 1. The average molecular weight is 97.1 g/mol. The van der Waals surface area contributed by atoms with E-state index in [1.54, 1.807) is 0 Å². The van der Waals surface area contributed by atoms with Crippen molar-refractivity contribution in [2.45, 2.75) is 13.0 Å². The molecule has 1 N–H and O–H groups in total. The average Bonchev–Trinajstić information content (AvgIpc) is 1.68. The lowest BCUT2D eigenvalue weighted by Gasteiger charge is -2.25. The summed E-state index contributed by atoms with van der Waals surface area (Å²) in [6.07, 6.45) is 0. The molecule has 1 atom stereocenters. The number of hydrogen-bond acceptors (Lipinski definition) is 1. The fraction of sp³-hybridized carbons (Fsp3) is 0.400. The van der Waals surface area contributed by atoms with Crippen LogP contribution in [0, 0.1) is 0 Å². The smallest absolute Gasteiger partial charge is 0.249 e. The zero-order valence-electron chi connectivity index (χ0n) is 4.19. The summed E-state index contributed by atoms with van der Waals surface area (Å²) in [5.74, 6) is -0.00694. The Kier molecular flexibility index (Phi) is 0.680. The molecule has 2 nitrogen and oxygen atoms in total. The maximum Gasteiger partial charge on any atom is 0.249 e. The minimum Gasteiger partial charge on any atom is -0.346 e. The quantitative estimate of drug-likeness (QED) is 0.336. The van der Waals surface area contributed by atoms with E-state index in [1.807, 2.05) is 6.92 Å². The molecule has 1 heterocycles. The van der Waals surface area contributed by atoms with E-state index in [1.165, 1.54) is 0 Å². The Morgan fingerprint density at radius 1 is 1.86 bits per heavy atom. The van der Waals surface area contributed by atoms with Gasteiger partial charge in [-0.2, -0.15) is 0 Å². The highest BCUT2D eigenvalue weighted by molar-refractivity contribution is 6.00. The van der Waals surface area contributed by atoms with Gasteiger partial charge in [-0.05, 0) is 6.92 Å². The third-order valence-electron chi connectivity index (χ3n) is 1.16. The molecule has 2 heteroatoms. The summed E-state index contributed by atoms with van der Waals surface area (Å²) in [5.41, 5.74) is 0.694. The molecule has 7 heavy (non-hydrogen) atoms. The van der Waals surface area contributed by atoms with E-state index >= 15 is 0 Å². The van der Waals surface area contributed by atoms with Crippen LogP contribution in [0.4, 0.5) is 0 Å². The second kappa shape index (κ2) is 1.09. The lowest BCUT2D eigenvalue weighted by atomic mass is 10.0. The van der Waals surface area contributed by atoms with Crippen molar-refractivity contribution in [3.05, 3.63) is 12.2 Å². The Morgan fingerprint density at radius 2 is 2.43 bits per heavy atom. The highest BCUT2D eigenvalue weighted by atomic mass is 16.2. The molecule has 1 aliphatic rings. The molecule has 0 unspecified atom stereocenters. The molecule has 1 amide bonds. The van der Waals surface area contributed by atoms with E-state index in [-0.39, 0.29) is 11.9 Å². The third-order valence-corrected chi connectivity index (χ3v) is 1.16. The number of hydrogen-bond donors (Lipinski definition) is 1. The topological polar surface area (TPSA) is 29.1 Å². The summed E-state index contributed by atoms with van der Waals surface area (Å²) in [6, 6.07) is 0.215. The van der Waals surface area contributed by atoms with Crippen LogP contribution in [0.3, 0.4) is 0 Å². The van der Waals surface area contributed by atoms with Crippen molar-refractivity contribution in [1.82, 2.24) is 5.32 Å². The van der Waals surface area contributed by atoms with Gasteiger partial charge >= 0.3 is 0 Å². The van der Waals surface area contributed by atoms with Crippen molar-refractivity contribution in [2.24, 2.45) is 0 Å². The molecule has 1 rings (SSSR count). The van der Waals surface area contributed by atoms with E-state index in [2.05, 4.69) is 11.9 Å².